The summed E-state index contributed by atoms with van der Waals surface area (Å²) < 4.78 is 0.727. The molecule has 0 aliphatic carbocycles. The summed E-state index contributed by atoms with van der Waals surface area (Å²) in [5.74, 6) is 0.531. The molecule has 8 heteroatoms. The van der Waals surface area contributed by atoms with Gasteiger partial charge in [0.1, 0.15) is 10.7 Å². The fourth-order valence-corrected chi connectivity index (χ4v) is 4.06. The molecular weight excluding hydrogens is 390 g/mol. The third kappa shape index (κ3) is 6.48. The molecule has 0 aliphatic rings. The number of nitrogens with zero attached hydrogens (tertiary/aromatic N) is 1. The smallest absolute Gasteiger partial charge is 0.230 e. The number of carbonyl (C=O) groups is 2. The molecule has 1 aromatic heterocycles. The second kappa shape index (κ2) is 11.0. The van der Waals surface area contributed by atoms with E-state index in [9.17, 15) is 9.59 Å². The Labute approximate surface area is 166 Å². The van der Waals surface area contributed by atoms with Gasteiger partial charge in [-0.05, 0) is 6.42 Å². The Balaban J connectivity index is 2.13. The number of hydrogen-bond acceptors (Lipinski definition) is 5. The van der Waals surface area contributed by atoms with Crippen molar-refractivity contribution >= 4 is 51.5 Å². The van der Waals surface area contributed by atoms with Gasteiger partial charge >= 0.3 is 0 Å². The van der Waals surface area contributed by atoms with Crippen LogP contribution in [-0.4, -0.2) is 35.0 Å². The highest BCUT2D eigenvalue weighted by molar-refractivity contribution is 8.01. The Kier molecular flexibility index (Phi) is 8.67. The highest BCUT2D eigenvalue weighted by atomic mass is 35.5. The Morgan fingerprint density at radius 3 is 2.73 bits per heavy atom. The second-order valence-corrected chi connectivity index (χ2v) is 7.85. The van der Waals surface area contributed by atoms with E-state index in [0.717, 1.165) is 9.90 Å². The van der Waals surface area contributed by atoms with Gasteiger partial charge in [0.15, 0.2) is 4.34 Å². The predicted molar refractivity (Wildman–Crippen MR) is 110 cm³/mol. The van der Waals surface area contributed by atoms with E-state index in [0.29, 0.717) is 36.0 Å². The van der Waals surface area contributed by atoms with Crippen molar-refractivity contribution in [2.75, 3.05) is 23.5 Å². The summed E-state index contributed by atoms with van der Waals surface area (Å²) in [7, 11) is 0. The minimum absolute atomic E-state index is 0.0842. The molecule has 0 bridgehead atoms. The average Bonchev–Trinajstić information content (AvgIpc) is 3.06. The van der Waals surface area contributed by atoms with Crippen molar-refractivity contribution in [3.05, 3.63) is 43.0 Å². The number of hydrogen-bond donors (Lipinski definition) is 2. The predicted octanol–water partition coefficient (Wildman–Crippen LogP) is 4.16. The number of carbonyl (C=O) groups excluding carboxylic acids is 2. The average molecular weight is 410 g/mol. The molecule has 0 fully saturated rings. The number of rotatable bonds is 10. The number of aromatic nitrogens is 1. The van der Waals surface area contributed by atoms with Gasteiger partial charge < -0.3 is 10.6 Å². The molecule has 0 aliphatic heterocycles. The normalized spacial score (nSPS) is 10.3. The number of alkyl halides is 1. The van der Waals surface area contributed by atoms with Crippen molar-refractivity contribution in [3.63, 3.8) is 0 Å². The van der Waals surface area contributed by atoms with E-state index < -0.39 is 0 Å². The highest BCUT2D eigenvalue weighted by Crippen LogP contribution is 2.37. The lowest BCUT2D eigenvalue weighted by atomic mass is 10.2. The molecule has 2 amide bonds. The maximum Gasteiger partial charge on any atom is 0.230 e. The van der Waals surface area contributed by atoms with E-state index in [4.69, 9.17) is 11.6 Å². The van der Waals surface area contributed by atoms with E-state index in [1.807, 2.05) is 30.3 Å². The second-order valence-electron chi connectivity index (χ2n) is 5.25. The van der Waals surface area contributed by atoms with E-state index in [1.165, 1.54) is 23.1 Å². The first kappa shape index (κ1) is 20.5. The SMILES string of the molecule is C=CCNC(=O)CSc1nc(-c2ccccc2)c(NC(=O)CCCCl)s1. The Morgan fingerprint density at radius 1 is 1.27 bits per heavy atom. The van der Waals surface area contributed by atoms with Gasteiger partial charge in [0.25, 0.3) is 0 Å². The quantitative estimate of drug-likeness (QED) is 0.351. The largest absolute Gasteiger partial charge is 0.352 e. The summed E-state index contributed by atoms with van der Waals surface area (Å²) in [6.07, 6.45) is 2.62. The summed E-state index contributed by atoms with van der Waals surface area (Å²) in [4.78, 5) is 28.4. The van der Waals surface area contributed by atoms with Crippen molar-refractivity contribution in [1.29, 1.82) is 0 Å². The zero-order chi connectivity index (χ0) is 18.8. The van der Waals surface area contributed by atoms with Crippen LogP contribution in [0.1, 0.15) is 12.8 Å². The van der Waals surface area contributed by atoms with Crippen LogP contribution in [0.4, 0.5) is 5.00 Å². The molecule has 0 spiro atoms. The highest BCUT2D eigenvalue weighted by Gasteiger charge is 2.16. The van der Waals surface area contributed by atoms with Gasteiger partial charge in [-0.1, -0.05) is 59.5 Å². The number of thiazole rings is 1. The van der Waals surface area contributed by atoms with Crippen LogP contribution in [0.5, 0.6) is 0 Å². The summed E-state index contributed by atoms with van der Waals surface area (Å²) in [5.41, 5.74) is 1.63. The number of anilines is 1. The zero-order valence-corrected chi connectivity index (χ0v) is 16.6. The number of amides is 2. The molecule has 5 nitrogen and oxygen atoms in total. The molecule has 26 heavy (non-hydrogen) atoms. The molecule has 2 rings (SSSR count). The van der Waals surface area contributed by atoms with Crippen molar-refractivity contribution in [1.82, 2.24) is 10.3 Å². The topological polar surface area (TPSA) is 71.1 Å². The van der Waals surface area contributed by atoms with Crippen LogP contribution in [-0.2, 0) is 9.59 Å². The van der Waals surface area contributed by atoms with Crippen LogP contribution >= 0.6 is 34.7 Å². The first-order valence-electron chi connectivity index (χ1n) is 8.06. The van der Waals surface area contributed by atoms with Crippen LogP contribution in [0.15, 0.2) is 47.3 Å². The van der Waals surface area contributed by atoms with Crippen molar-refractivity contribution < 1.29 is 9.59 Å². The summed E-state index contributed by atoms with van der Waals surface area (Å²) in [6, 6.07) is 9.64. The van der Waals surface area contributed by atoms with Crippen LogP contribution in [0.2, 0.25) is 0 Å². The third-order valence-corrected chi connectivity index (χ3v) is 5.60. The van der Waals surface area contributed by atoms with Crippen molar-refractivity contribution in [2.45, 2.75) is 17.2 Å². The molecule has 138 valence electrons. The third-order valence-electron chi connectivity index (χ3n) is 3.22. The minimum atomic E-state index is -0.0910. The molecule has 2 aromatic rings. The van der Waals surface area contributed by atoms with Crippen LogP contribution in [0, 0.1) is 0 Å². The fourth-order valence-electron chi connectivity index (χ4n) is 2.02. The Hall–Kier alpha value is -1.83. The summed E-state index contributed by atoms with van der Waals surface area (Å²) in [5, 5.41) is 6.33. The monoisotopic (exact) mass is 409 g/mol. The van der Waals surface area contributed by atoms with Gasteiger partial charge in [-0.3, -0.25) is 9.59 Å². The lowest BCUT2D eigenvalue weighted by Gasteiger charge is -2.04. The molecular formula is C18H20ClN3O2S2. The number of halogens is 1. The summed E-state index contributed by atoms with van der Waals surface area (Å²) >= 11 is 8.36. The number of thioether (sulfide) groups is 1. The Bertz CT molecular complexity index is 750. The van der Waals surface area contributed by atoms with Crippen molar-refractivity contribution in [3.8, 4) is 11.3 Å². The number of nitrogens with one attached hydrogen (secondary N) is 2. The molecule has 0 unspecified atom stereocenters. The van der Waals surface area contributed by atoms with Crippen LogP contribution in [0.25, 0.3) is 11.3 Å². The maximum atomic E-state index is 12.1. The maximum absolute atomic E-state index is 12.1. The molecule has 0 saturated heterocycles. The van der Waals surface area contributed by atoms with E-state index in [2.05, 4.69) is 22.2 Å². The van der Waals surface area contributed by atoms with Gasteiger partial charge in [-0.25, -0.2) is 4.98 Å². The lowest BCUT2D eigenvalue weighted by Crippen LogP contribution is -2.24. The molecule has 0 radical (unpaired) electrons. The van der Waals surface area contributed by atoms with Crippen LogP contribution in [0.3, 0.4) is 0 Å². The van der Waals surface area contributed by atoms with Crippen LogP contribution < -0.4 is 10.6 Å². The van der Waals surface area contributed by atoms with Crippen molar-refractivity contribution in [2.24, 2.45) is 0 Å². The lowest BCUT2D eigenvalue weighted by molar-refractivity contribution is -0.118. The van der Waals surface area contributed by atoms with Gasteiger partial charge in [0.05, 0.1) is 5.75 Å². The van der Waals surface area contributed by atoms with Gasteiger partial charge in [-0.2, -0.15) is 0 Å². The Morgan fingerprint density at radius 2 is 2.04 bits per heavy atom. The minimum Gasteiger partial charge on any atom is -0.352 e. The first-order chi connectivity index (χ1) is 12.6. The molecule has 1 heterocycles. The molecule has 2 N–H and O–H groups in total. The van der Waals surface area contributed by atoms with Gasteiger partial charge in [0, 0.05) is 24.4 Å². The van der Waals surface area contributed by atoms with E-state index in [1.54, 1.807) is 6.08 Å². The number of benzene rings is 1. The molecule has 1 aromatic carbocycles. The molecule has 0 saturated carbocycles. The van der Waals surface area contributed by atoms with E-state index in [-0.39, 0.29) is 17.6 Å². The standard InChI is InChI=1S/C18H20ClN3O2S2/c1-2-11-20-15(24)12-25-18-22-16(13-7-4-3-5-8-13)17(26-18)21-14(23)9-6-10-19/h2-5,7-8H,1,6,9-12H2,(H,20,24)(H,21,23). The summed E-state index contributed by atoms with van der Waals surface area (Å²) in [6.45, 7) is 4.01. The van der Waals surface area contributed by atoms with E-state index >= 15 is 0 Å². The first-order valence-corrected chi connectivity index (χ1v) is 10.4. The molecule has 0 atom stereocenters. The van der Waals surface area contributed by atoms with Gasteiger partial charge in [-0.15, -0.1) is 18.2 Å². The zero-order valence-electron chi connectivity index (χ0n) is 14.2. The fraction of sp³-hybridized carbons (Fsp3) is 0.278. The van der Waals surface area contributed by atoms with Gasteiger partial charge in [0.2, 0.25) is 11.8 Å².